The molecule has 1 aromatic rings. The second-order valence-corrected chi connectivity index (χ2v) is 7.22. The molecule has 0 aliphatic carbocycles. The number of sulfonamides is 1. The van der Waals surface area contributed by atoms with Crippen LogP contribution in [0.2, 0.25) is 0 Å². The lowest BCUT2D eigenvalue weighted by Gasteiger charge is -2.23. The molecule has 1 N–H and O–H groups in total. The Morgan fingerprint density at radius 3 is 2.25 bits per heavy atom. The highest BCUT2D eigenvalue weighted by Crippen LogP contribution is 2.22. The van der Waals surface area contributed by atoms with Gasteiger partial charge in [0.05, 0.1) is 6.61 Å². The highest BCUT2D eigenvalue weighted by atomic mass is 32.2. The first-order valence-corrected chi connectivity index (χ1v) is 8.83. The minimum absolute atomic E-state index is 0.136. The van der Waals surface area contributed by atoms with Gasteiger partial charge in [0.2, 0.25) is 10.0 Å². The van der Waals surface area contributed by atoms with Crippen LogP contribution in [0.3, 0.4) is 0 Å². The van der Waals surface area contributed by atoms with Gasteiger partial charge >= 0.3 is 0 Å². The van der Waals surface area contributed by atoms with Gasteiger partial charge in [-0.1, -0.05) is 19.3 Å². The standard InChI is InChI=1S/C14H24N2O3S/c1-2-15-11-14(10-13(15)12-17)20(18,19)16-8-6-4-3-5-7-9-16/h10-11,17H,2-9,12H2,1H3. The minimum Gasteiger partial charge on any atom is -0.390 e. The van der Waals surface area contributed by atoms with Crippen molar-refractivity contribution >= 4 is 10.0 Å². The molecule has 1 aliphatic heterocycles. The summed E-state index contributed by atoms with van der Waals surface area (Å²) in [6.45, 7) is 3.67. The molecule has 1 aromatic heterocycles. The molecule has 0 atom stereocenters. The van der Waals surface area contributed by atoms with Gasteiger partial charge in [0, 0.05) is 31.5 Å². The van der Waals surface area contributed by atoms with Crippen molar-refractivity contribution in [3.8, 4) is 0 Å². The van der Waals surface area contributed by atoms with E-state index < -0.39 is 10.0 Å². The molecule has 1 saturated heterocycles. The smallest absolute Gasteiger partial charge is 0.244 e. The molecule has 5 nitrogen and oxygen atoms in total. The Hall–Kier alpha value is -0.850. The van der Waals surface area contributed by atoms with Crippen LogP contribution in [0.1, 0.15) is 44.7 Å². The average Bonchev–Trinajstić information content (AvgIpc) is 2.81. The lowest BCUT2D eigenvalue weighted by atomic mass is 10.1. The summed E-state index contributed by atoms with van der Waals surface area (Å²) in [6, 6.07) is 1.59. The van der Waals surface area contributed by atoms with E-state index in [1.807, 2.05) is 6.92 Å². The number of hydrogen-bond acceptors (Lipinski definition) is 3. The van der Waals surface area contributed by atoms with Crippen molar-refractivity contribution in [2.24, 2.45) is 0 Å². The minimum atomic E-state index is -3.42. The lowest BCUT2D eigenvalue weighted by molar-refractivity contribution is 0.271. The van der Waals surface area contributed by atoms with Crippen LogP contribution in [0.4, 0.5) is 0 Å². The van der Waals surface area contributed by atoms with Gasteiger partial charge in [0.25, 0.3) is 0 Å². The molecule has 0 radical (unpaired) electrons. The number of aliphatic hydroxyl groups excluding tert-OH is 1. The molecule has 2 heterocycles. The molecule has 1 fully saturated rings. The lowest BCUT2D eigenvalue weighted by Crippen LogP contribution is -2.33. The highest BCUT2D eigenvalue weighted by Gasteiger charge is 2.26. The number of hydrogen-bond donors (Lipinski definition) is 1. The third kappa shape index (κ3) is 3.24. The zero-order valence-corrected chi connectivity index (χ0v) is 12.9. The van der Waals surface area contributed by atoms with E-state index in [1.165, 1.54) is 6.42 Å². The number of aliphatic hydroxyl groups is 1. The van der Waals surface area contributed by atoms with Crippen molar-refractivity contribution in [1.29, 1.82) is 0 Å². The van der Waals surface area contributed by atoms with E-state index in [2.05, 4.69) is 0 Å². The van der Waals surface area contributed by atoms with E-state index in [9.17, 15) is 13.5 Å². The Bertz CT molecular complexity index is 507. The van der Waals surface area contributed by atoms with E-state index in [0.29, 0.717) is 30.2 Å². The molecule has 1 aliphatic rings. The topological polar surface area (TPSA) is 62.5 Å². The van der Waals surface area contributed by atoms with Gasteiger partial charge in [-0.25, -0.2) is 8.42 Å². The van der Waals surface area contributed by atoms with Gasteiger partial charge in [-0.2, -0.15) is 4.31 Å². The Kier molecular flexibility index (Phi) is 5.23. The van der Waals surface area contributed by atoms with Crippen molar-refractivity contribution in [1.82, 2.24) is 8.87 Å². The van der Waals surface area contributed by atoms with E-state index >= 15 is 0 Å². The fourth-order valence-corrected chi connectivity index (χ4v) is 4.28. The van der Waals surface area contributed by atoms with Crippen LogP contribution in [0.15, 0.2) is 17.2 Å². The molecule has 0 spiro atoms. The molecule has 0 saturated carbocycles. The van der Waals surface area contributed by atoms with Crippen LogP contribution in [-0.2, 0) is 23.2 Å². The van der Waals surface area contributed by atoms with Crippen LogP contribution < -0.4 is 0 Å². The zero-order chi connectivity index (χ0) is 14.6. The van der Waals surface area contributed by atoms with Crippen LogP contribution >= 0.6 is 0 Å². The Morgan fingerprint density at radius 1 is 1.15 bits per heavy atom. The van der Waals surface area contributed by atoms with E-state index in [0.717, 1.165) is 25.7 Å². The van der Waals surface area contributed by atoms with E-state index in [1.54, 1.807) is 21.1 Å². The van der Waals surface area contributed by atoms with Gasteiger partial charge in [0.1, 0.15) is 4.90 Å². The third-order valence-corrected chi connectivity index (χ3v) is 5.78. The molecule has 0 amide bonds. The van der Waals surface area contributed by atoms with E-state index in [4.69, 9.17) is 0 Å². The second kappa shape index (κ2) is 6.74. The number of rotatable bonds is 4. The summed E-state index contributed by atoms with van der Waals surface area (Å²) in [4.78, 5) is 0.309. The fraction of sp³-hybridized carbons (Fsp3) is 0.714. The quantitative estimate of drug-likeness (QED) is 0.924. The molecule has 6 heteroatoms. The SMILES string of the molecule is CCn1cc(S(=O)(=O)N2CCCCCCC2)cc1CO. The monoisotopic (exact) mass is 300 g/mol. The predicted octanol–water partition coefficient (Wildman–Crippen LogP) is 1.96. The number of aromatic nitrogens is 1. The summed E-state index contributed by atoms with van der Waals surface area (Å²) in [5.74, 6) is 0. The van der Waals surface area contributed by atoms with Gasteiger partial charge in [-0.15, -0.1) is 0 Å². The molecule has 114 valence electrons. The summed E-state index contributed by atoms with van der Waals surface area (Å²) in [7, 11) is -3.42. The van der Waals surface area contributed by atoms with Crippen LogP contribution in [0, 0.1) is 0 Å². The maximum absolute atomic E-state index is 12.7. The maximum Gasteiger partial charge on any atom is 0.244 e. The van der Waals surface area contributed by atoms with Crippen LogP contribution in [0.5, 0.6) is 0 Å². The Morgan fingerprint density at radius 2 is 1.75 bits per heavy atom. The highest BCUT2D eigenvalue weighted by molar-refractivity contribution is 7.89. The van der Waals surface area contributed by atoms with Crippen molar-refractivity contribution in [2.45, 2.75) is 57.1 Å². The van der Waals surface area contributed by atoms with Gasteiger partial charge in [-0.3, -0.25) is 0 Å². The fourth-order valence-electron chi connectivity index (χ4n) is 2.70. The molecule has 0 bridgehead atoms. The van der Waals surface area contributed by atoms with Gasteiger partial charge in [-0.05, 0) is 25.8 Å². The second-order valence-electron chi connectivity index (χ2n) is 5.28. The van der Waals surface area contributed by atoms with Crippen LogP contribution in [-0.4, -0.2) is 35.5 Å². The van der Waals surface area contributed by atoms with Crippen molar-refractivity contribution in [2.75, 3.05) is 13.1 Å². The zero-order valence-electron chi connectivity index (χ0n) is 12.1. The summed E-state index contributed by atoms with van der Waals surface area (Å²) in [5.41, 5.74) is 0.651. The van der Waals surface area contributed by atoms with Gasteiger partial charge < -0.3 is 9.67 Å². The summed E-state index contributed by atoms with van der Waals surface area (Å²) in [5, 5.41) is 9.29. The number of nitrogens with zero attached hydrogens (tertiary/aromatic N) is 2. The first kappa shape index (κ1) is 15.5. The molecule has 0 aromatic carbocycles. The molecule has 0 unspecified atom stereocenters. The average molecular weight is 300 g/mol. The summed E-state index contributed by atoms with van der Waals surface area (Å²) >= 11 is 0. The Labute approximate surface area is 121 Å². The summed E-state index contributed by atoms with van der Waals surface area (Å²) in [6.07, 6.45) is 6.91. The largest absolute Gasteiger partial charge is 0.390 e. The van der Waals surface area contributed by atoms with Crippen molar-refractivity contribution < 1.29 is 13.5 Å². The molecule has 20 heavy (non-hydrogen) atoms. The van der Waals surface area contributed by atoms with Gasteiger partial charge in [0.15, 0.2) is 0 Å². The normalized spacial score (nSPS) is 18.7. The third-order valence-electron chi connectivity index (χ3n) is 3.92. The van der Waals surface area contributed by atoms with Crippen molar-refractivity contribution in [3.05, 3.63) is 18.0 Å². The first-order valence-electron chi connectivity index (χ1n) is 7.39. The molecular weight excluding hydrogens is 276 g/mol. The predicted molar refractivity (Wildman–Crippen MR) is 77.9 cm³/mol. The Balaban J connectivity index is 2.26. The number of aryl methyl sites for hydroxylation is 1. The molecule has 2 rings (SSSR count). The van der Waals surface area contributed by atoms with Crippen molar-refractivity contribution in [3.63, 3.8) is 0 Å². The van der Waals surface area contributed by atoms with Crippen LogP contribution in [0.25, 0.3) is 0 Å². The van der Waals surface area contributed by atoms with E-state index in [-0.39, 0.29) is 6.61 Å². The maximum atomic E-state index is 12.7. The molecular formula is C14H24N2O3S. The summed E-state index contributed by atoms with van der Waals surface area (Å²) < 4.78 is 28.7. The first-order chi connectivity index (χ1) is 9.59.